The highest BCUT2D eigenvalue weighted by Crippen LogP contribution is 2.32. The molecule has 0 aromatic carbocycles. The van der Waals surface area contributed by atoms with Gasteiger partial charge in [-0.25, -0.2) is 4.98 Å². The van der Waals surface area contributed by atoms with E-state index in [1.54, 1.807) is 6.92 Å². The van der Waals surface area contributed by atoms with E-state index in [9.17, 15) is 18.0 Å². The Balaban J connectivity index is 2.16. The standard InChI is InChI=1S/C11H9F3N2OS2/c1-5-3-6(2)19-8(5)9(17)16-10-15-7(4-18-10)11(12,13)14/h3-4H,1-2H3,(H,15,16,17). The van der Waals surface area contributed by atoms with Crippen molar-refractivity contribution in [2.75, 3.05) is 5.32 Å². The molecule has 0 fully saturated rings. The van der Waals surface area contributed by atoms with Gasteiger partial charge in [-0.2, -0.15) is 13.2 Å². The zero-order valence-corrected chi connectivity index (χ0v) is 11.6. The molecular formula is C11H9F3N2OS2. The van der Waals surface area contributed by atoms with Crippen LogP contribution in [0.4, 0.5) is 18.3 Å². The lowest BCUT2D eigenvalue weighted by Crippen LogP contribution is -2.12. The van der Waals surface area contributed by atoms with Crippen molar-refractivity contribution in [1.29, 1.82) is 0 Å². The van der Waals surface area contributed by atoms with Gasteiger partial charge >= 0.3 is 6.18 Å². The van der Waals surface area contributed by atoms with E-state index in [1.807, 2.05) is 13.0 Å². The molecule has 19 heavy (non-hydrogen) atoms. The number of alkyl halides is 3. The average Bonchev–Trinajstić information content (AvgIpc) is 2.84. The molecule has 0 aliphatic carbocycles. The summed E-state index contributed by atoms with van der Waals surface area (Å²) in [7, 11) is 0. The molecule has 0 atom stereocenters. The fraction of sp³-hybridized carbons (Fsp3) is 0.273. The van der Waals surface area contributed by atoms with E-state index < -0.39 is 17.8 Å². The number of nitrogens with zero attached hydrogens (tertiary/aromatic N) is 1. The Morgan fingerprint density at radius 1 is 1.37 bits per heavy atom. The number of aromatic nitrogens is 1. The first-order valence-electron chi connectivity index (χ1n) is 5.18. The van der Waals surface area contributed by atoms with Crippen LogP contribution < -0.4 is 5.32 Å². The summed E-state index contributed by atoms with van der Waals surface area (Å²) in [6.07, 6.45) is -4.49. The molecule has 2 heterocycles. The van der Waals surface area contributed by atoms with Crippen LogP contribution >= 0.6 is 22.7 Å². The van der Waals surface area contributed by atoms with E-state index in [4.69, 9.17) is 0 Å². The number of rotatable bonds is 2. The molecule has 0 aliphatic heterocycles. The second kappa shape index (κ2) is 4.93. The van der Waals surface area contributed by atoms with Crippen molar-refractivity contribution in [3.05, 3.63) is 32.5 Å². The number of aryl methyl sites for hydroxylation is 2. The summed E-state index contributed by atoms with van der Waals surface area (Å²) in [4.78, 5) is 16.7. The minimum atomic E-state index is -4.49. The van der Waals surface area contributed by atoms with Crippen LogP contribution in [-0.2, 0) is 6.18 Å². The summed E-state index contributed by atoms with van der Waals surface area (Å²) >= 11 is 2.05. The molecule has 1 amide bonds. The summed E-state index contributed by atoms with van der Waals surface area (Å²) in [5, 5.41) is 3.21. The van der Waals surface area contributed by atoms with E-state index in [-0.39, 0.29) is 5.13 Å². The number of carbonyl (C=O) groups excluding carboxylic acids is 1. The second-order valence-electron chi connectivity index (χ2n) is 3.86. The number of thiazole rings is 1. The van der Waals surface area contributed by atoms with Gasteiger partial charge in [-0.3, -0.25) is 10.1 Å². The fourth-order valence-electron chi connectivity index (χ4n) is 1.48. The van der Waals surface area contributed by atoms with Crippen LogP contribution in [0.15, 0.2) is 11.4 Å². The Morgan fingerprint density at radius 3 is 2.53 bits per heavy atom. The third kappa shape index (κ3) is 3.13. The molecule has 0 bridgehead atoms. The number of halogens is 3. The first-order valence-corrected chi connectivity index (χ1v) is 6.88. The van der Waals surface area contributed by atoms with Crippen LogP contribution in [0.25, 0.3) is 0 Å². The molecule has 0 saturated carbocycles. The van der Waals surface area contributed by atoms with E-state index in [2.05, 4.69) is 10.3 Å². The van der Waals surface area contributed by atoms with Crippen molar-refractivity contribution in [3.8, 4) is 0 Å². The van der Waals surface area contributed by atoms with E-state index in [1.165, 1.54) is 11.3 Å². The summed E-state index contributed by atoms with van der Waals surface area (Å²) < 4.78 is 37.1. The second-order valence-corrected chi connectivity index (χ2v) is 5.97. The van der Waals surface area contributed by atoms with Gasteiger partial charge in [0.25, 0.3) is 5.91 Å². The number of anilines is 1. The Labute approximate surface area is 115 Å². The Bertz CT molecular complexity index is 616. The van der Waals surface area contributed by atoms with Crippen molar-refractivity contribution < 1.29 is 18.0 Å². The third-order valence-electron chi connectivity index (χ3n) is 2.26. The summed E-state index contributed by atoms with van der Waals surface area (Å²) in [6, 6.07) is 1.85. The van der Waals surface area contributed by atoms with Crippen molar-refractivity contribution in [2.24, 2.45) is 0 Å². The molecule has 102 valence electrons. The number of hydrogen-bond donors (Lipinski definition) is 1. The van der Waals surface area contributed by atoms with E-state index >= 15 is 0 Å². The van der Waals surface area contributed by atoms with Crippen LogP contribution in [0.2, 0.25) is 0 Å². The van der Waals surface area contributed by atoms with Crippen molar-refractivity contribution >= 4 is 33.7 Å². The Morgan fingerprint density at radius 2 is 2.05 bits per heavy atom. The summed E-state index contributed by atoms with van der Waals surface area (Å²) in [5.74, 6) is -0.432. The van der Waals surface area contributed by atoms with Gasteiger partial charge in [0.2, 0.25) is 0 Å². The lowest BCUT2D eigenvalue weighted by Gasteiger charge is -2.01. The van der Waals surface area contributed by atoms with Gasteiger partial charge in [0.15, 0.2) is 10.8 Å². The van der Waals surface area contributed by atoms with E-state index in [0.717, 1.165) is 27.2 Å². The number of thiophene rings is 1. The maximum absolute atomic E-state index is 12.4. The third-order valence-corrected chi connectivity index (χ3v) is 4.17. The number of hydrogen-bond acceptors (Lipinski definition) is 4. The van der Waals surface area contributed by atoms with Crippen LogP contribution in [-0.4, -0.2) is 10.9 Å². The van der Waals surface area contributed by atoms with Gasteiger partial charge in [-0.15, -0.1) is 22.7 Å². The van der Waals surface area contributed by atoms with Gasteiger partial charge in [-0.1, -0.05) is 0 Å². The molecule has 0 saturated heterocycles. The maximum Gasteiger partial charge on any atom is 0.434 e. The highest BCUT2D eigenvalue weighted by atomic mass is 32.1. The average molecular weight is 306 g/mol. The lowest BCUT2D eigenvalue weighted by atomic mass is 10.2. The number of nitrogens with one attached hydrogen (secondary N) is 1. The predicted molar refractivity (Wildman–Crippen MR) is 68.9 cm³/mol. The maximum atomic E-state index is 12.4. The van der Waals surface area contributed by atoms with Gasteiger partial charge in [0.05, 0.1) is 4.88 Å². The molecule has 2 rings (SSSR count). The quantitative estimate of drug-likeness (QED) is 0.908. The van der Waals surface area contributed by atoms with Crippen LogP contribution in [0.3, 0.4) is 0 Å². The molecule has 2 aromatic heterocycles. The molecule has 0 unspecified atom stereocenters. The van der Waals surface area contributed by atoms with Crippen LogP contribution in [0, 0.1) is 13.8 Å². The van der Waals surface area contributed by atoms with Gasteiger partial charge in [0.1, 0.15) is 0 Å². The summed E-state index contributed by atoms with van der Waals surface area (Å²) in [6.45, 7) is 3.64. The molecule has 2 aromatic rings. The minimum absolute atomic E-state index is 0.0530. The molecular weight excluding hydrogens is 297 g/mol. The molecule has 0 radical (unpaired) electrons. The highest BCUT2D eigenvalue weighted by Gasteiger charge is 2.34. The zero-order chi connectivity index (χ0) is 14.2. The monoisotopic (exact) mass is 306 g/mol. The van der Waals surface area contributed by atoms with Gasteiger partial charge in [0, 0.05) is 10.3 Å². The van der Waals surface area contributed by atoms with Crippen LogP contribution in [0.5, 0.6) is 0 Å². The topological polar surface area (TPSA) is 42.0 Å². The zero-order valence-electron chi connectivity index (χ0n) is 9.96. The summed E-state index contributed by atoms with van der Waals surface area (Å²) in [5.41, 5.74) is -0.195. The molecule has 0 spiro atoms. The van der Waals surface area contributed by atoms with Crippen molar-refractivity contribution in [1.82, 2.24) is 4.98 Å². The van der Waals surface area contributed by atoms with E-state index in [0.29, 0.717) is 4.88 Å². The molecule has 3 nitrogen and oxygen atoms in total. The normalized spacial score (nSPS) is 11.6. The number of carbonyl (C=O) groups is 1. The first-order chi connectivity index (χ1) is 8.77. The molecule has 1 N–H and O–H groups in total. The van der Waals surface area contributed by atoms with Crippen molar-refractivity contribution in [3.63, 3.8) is 0 Å². The lowest BCUT2D eigenvalue weighted by molar-refractivity contribution is -0.140. The highest BCUT2D eigenvalue weighted by molar-refractivity contribution is 7.15. The largest absolute Gasteiger partial charge is 0.434 e. The minimum Gasteiger partial charge on any atom is -0.297 e. The predicted octanol–water partition coefficient (Wildman–Crippen LogP) is 4.09. The fourth-order valence-corrected chi connectivity index (χ4v) is 3.12. The Kier molecular flexibility index (Phi) is 3.64. The smallest absolute Gasteiger partial charge is 0.297 e. The number of amides is 1. The molecule has 8 heteroatoms. The van der Waals surface area contributed by atoms with Gasteiger partial charge in [-0.05, 0) is 25.5 Å². The van der Waals surface area contributed by atoms with Crippen LogP contribution in [0.1, 0.15) is 25.8 Å². The van der Waals surface area contributed by atoms with Gasteiger partial charge < -0.3 is 0 Å². The first kappa shape index (κ1) is 14.0. The van der Waals surface area contributed by atoms with Crippen molar-refractivity contribution in [2.45, 2.75) is 20.0 Å². The molecule has 0 aliphatic rings. The Hall–Kier alpha value is -1.41. The SMILES string of the molecule is Cc1cc(C)c(C(=O)Nc2nc(C(F)(F)F)cs2)s1.